The second-order valence-corrected chi connectivity index (χ2v) is 22.0. The molecule has 13 amide bonds. The maximum Gasteiger partial charge on any atom is 0.326 e. The van der Waals surface area contributed by atoms with Crippen LogP contribution in [0.3, 0.4) is 0 Å². The van der Waals surface area contributed by atoms with Gasteiger partial charge in [-0.3, -0.25) is 67.1 Å². The number of aliphatic hydroxyl groups is 2. The van der Waals surface area contributed by atoms with Gasteiger partial charge in [0.1, 0.15) is 60.4 Å². The number of hydrogen-bond acceptors (Lipinski definition) is 21. The third kappa shape index (κ3) is 31.6. The third-order valence-electron chi connectivity index (χ3n) is 12.2. The molecule has 0 saturated heterocycles. The molecule has 86 heavy (non-hydrogen) atoms. The van der Waals surface area contributed by atoms with Gasteiger partial charge in [0.25, 0.3) is 0 Å². The Morgan fingerprint density at radius 1 is 0.477 bits per heavy atom. The highest BCUT2D eigenvalue weighted by Gasteiger charge is 2.36. The van der Waals surface area contributed by atoms with Gasteiger partial charge < -0.3 is 102 Å². The van der Waals surface area contributed by atoms with E-state index in [1.807, 2.05) is 13.8 Å². The van der Waals surface area contributed by atoms with E-state index in [2.05, 4.69) is 71.1 Å². The minimum Gasteiger partial charge on any atom is -0.481 e. The summed E-state index contributed by atoms with van der Waals surface area (Å²) in [5.41, 5.74) is 22.1. The van der Waals surface area contributed by atoms with Crippen molar-refractivity contribution in [3.8, 4) is 0 Å². The van der Waals surface area contributed by atoms with Gasteiger partial charge in [-0.05, 0) is 82.3 Å². The van der Waals surface area contributed by atoms with E-state index in [1.165, 1.54) is 18.7 Å². The first-order valence-corrected chi connectivity index (χ1v) is 29.4. The van der Waals surface area contributed by atoms with Crippen LogP contribution in [0.15, 0.2) is 0 Å². The lowest BCUT2D eigenvalue weighted by molar-refractivity contribution is -0.143. The minimum absolute atomic E-state index is 0.00259. The van der Waals surface area contributed by atoms with Gasteiger partial charge in [-0.25, -0.2) is 4.79 Å². The Kier molecular flexibility index (Phi) is 38.0. The molecule has 0 aromatic rings. The van der Waals surface area contributed by atoms with Crippen LogP contribution < -0.4 is 81.4 Å². The number of primary amides is 2. The van der Waals surface area contributed by atoms with E-state index in [-0.39, 0.29) is 50.5 Å². The zero-order chi connectivity index (χ0) is 66.0. The molecule has 0 fully saturated rings. The summed E-state index contributed by atoms with van der Waals surface area (Å²) in [6.45, 7) is 5.33. The van der Waals surface area contributed by atoms with Crippen LogP contribution in [0.4, 0.5) is 0 Å². The number of carbonyl (C=O) groups excluding carboxylic acids is 13. The Bertz CT molecular complexity index is 2360. The Morgan fingerprint density at radius 3 is 1.37 bits per heavy atom. The van der Waals surface area contributed by atoms with E-state index in [1.54, 1.807) is 20.1 Å². The summed E-state index contributed by atoms with van der Waals surface area (Å²) >= 11 is 5.36. The summed E-state index contributed by atoms with van der Waals surface area (Å²) in [6.07, 6.45) is -0.306. The quantitative estimate of drug-likeness (QED) is 0.0199. The van der Waals surface area contributed by atoms with Crippen molar-refractivity contribution >= 4 is 113 Å². The Labute approximate surface area is 506 Å². The van der Waals surface area contributed by atoms with E-state index in [0.717, 1.165) is 0 Å². The predicted octanol–water partition coefficient (Wildman–Crippen LogP) is -8.11. The van der Waals surface area contributed by atoms with Gasteiger partial charge in [0, 0.05) is 12.2 Å². The monoisotopic (exact) mass is 1270 g/mol. The first-order valence-electron chi connectivity index (χ1n) is 27.3. The molecule has 0 aliphatic rings. The molecule has 36 heteroatoms. The highest BCUT2D eigenvalue weighted by atomic mass is 32.2. The molecule has 0 radical (unpaired) electrons. The van der Waals surface area contributed by atoms with Crippen molar-refractivity contribution in [2.75, 3.05) is 44.1 Å². The maximum atomic E-state index is 13.8. The van der Waals surface area contributed by atoms with Crippen molar-refractivity contribution in [3.05, 3.63) is 0 Å². The summed E-state index contributed by atoms with van der Waals surface area (Å²) in [7, 11) is 0. The maximum absolute atomic E-state index is 13.8. The van der Waals surface area contributed by atoms with Gasteiger partial charge in [0.15, 0.2) is 0 Å². The number of amides is 13. The van der Waals surface area contributed by atoms with Crippen molar-refractivity contribution in [3.63, 3.8) is 0 Å². The van der Waals surface area contributed by atoms with Crippen LogP contribution in [0.25, 0.3) is 0 Å². The average Bonchev–Trinajstić information content (AvgIpc) is 3.64. The number of nitrogens with one attached hydrogen (secondary N) is 11. The number of hydrogen-bond donors (Lipinski definition) is 20. The molecule has 0 saturated carbocycles. The molecule has 488 valence electrons. The van der Waals surface area contributed by atoms with E-state index < -0.39 is 206 Å². The average molecular weight is 1270 g/mol. The lowest BCUT2D eigenvalue weighted by Gasteiger charge is -2.26. The number of aliphatic carboxylic acids is 2. The van der Waals surface area contributed by atoms with Crippen LogP contribution in [0.2, 0.25) is 0 Å². The number of nitrogens with two attached hydrogens (primary N) is 4. The molecule has 0 rings (SSSR count). The summed E-state index contributed by atoms with van der Waals surface area (Å²) in [5, 5.41) is 63.9. The number of rotatable bonds is 44. The lowest BCUT2D eigenvalue weighted by atomic mass is 10.0. The van der Waals surface area contributed by atoms with Gasteiger partial charge in [-0.1, -0.05) is 27.7 Å². The molecule has 0 bridgehead atoms. The fraction of sp³-hybridized carbons (Fsp3) is 0.700. The molecule has 0 aromatic heterocycles. The largest absolute Gasteiger partial charge is 0.481 e. The first-order chi connectivity index (χ1) is 40.2. The zero-order valence-corrected chi connectivity index (χ0v) is 50.6. The SMILES string of the molecule is CSCC[C@H](NC(=O)[C@H](C)NC(=O)[C@H](CC(N)=O)NC(=O)[C@@H](N)CC(C)C)C(=O)N[C@@H](CCCCN)C(=O)NCC(=O)N[C@@H](CC(=O)O)C(=O)N[C@@H](CS)C(=O)N[C@@H](CCC(N)=O)C(=O)N[C@@H](CO)C(=O)N[C@@H](CO)C(=O)N[C@@H](CC(C)C)C(=O)O. The van der Waals surface area contributed by atoms with E-state index in [9.17, 15) is 92.3 Å². The van der Waals surface area contributed by atoms with Gasteiger partial charge >= 0.3 is 11.9 Å². The lowest BCUT2D eigenvalue weighted by Crippen LogP contribution is -2.61. The predicted molar refractivity (Wildman–Crippen MR) is 311 cm³/mol. The summed E-state index contributed by atoms with van der Waals surface area (Å²) in [5.74, 6) is -17.0. The van der Waals surface area contributed by atoms with Gasteiger partial charge in [-0.2, -0.15) is 24.4 Å². The van der Waals surface area contributed by atoms with Crippen molar-refractivity contribution < 1.29 is 92.3 Å². The molecule has 23 N–H and O–H groups in total. The smallest absolute Gasteiger partial charge is 0.326 e. The number of aliphatic hydroxyl groups excluding tert-OH is 2. The van der Waals surface area contributed by atoms with Crippen LogP contribution in [0, 0.1) is 11.8 Å². The standard InChI is InChI=1S/C50H87N15O19S2/c1-23(2)15-26(52)41(74)61-30(17-37(54)69)45(78)56-25(5)40(73)58-29(12-14-86-6)44(77)59-27(9-7-8-13-51)42(75)55-19-38(70)57-31(18-39(71)72)46(79)65-35(22-85)49(82)60-28(10-11-36(53)68)43(76)63-34(21-67)48(81)64-33(20-66)47(80)62-32(50(83)84)16-24(3)4/h23-35,66-67,85H,7-22,51-52H2,1-6H3,(H2,53,68)(H2,54,69)(H,55,75)(H,56,78)(H,57,70)(H,58,73)(H,59,77)(H,60,82)(H,61,74)(H,62,80)(H,63,76)(H,64,81)(H,65,79)(H,71,72)(H,83,84)/t25-,26-,27-,28-,29-,30-,31-,32-,33-,34-,35-/m0/s1. The zero-order valence-electron chi connectivity index (χ0n) is 48.9. The van der Waals surface area contributed by atoms with Crippen molar-refractivity contribution in [1.82, 2.24) is 58.5 Å². The number of carboxylic acid groups (broad SMARTS) is 2. The Balaban J connectivity index is 6.23. The number of thioether (sulfide) groups is 1. The molecule has 0 aliphatic carbocycles. The van der Waals surface area contributed by atoms with Gasteiger partial charge in [0.05, 0.1) is 38.6 Å². The van der Waals surface area contributed by atoms with E-state index >= 15 is 0 Å². The van der Waals surface area contributed by atoms with Crippen molar-refractivity contribution in [1.29, 1.82) is 0 Å². The first kappa shape index (κ1) is 78.6. The Morgan fingerprint density at radius 2 is 0.907 bits per heavy atom. The van der Waals surface area contributed by atoms with Crippen LogP contribution >= 0.6 is 24.4 Å². The minimum atomic E-state index is -1.95. The summed E-state index contributed by atoms with van der Waals surface area (Å²) in [6, 6.07) is -17.1. The fourth-order valence-corrected chi connectivity index (χ4v) is 8.36. The summed E-state index contributed by atoms with van der Waals surface area (Å²) < 4.78 is 0. The van der Waals surface area contributed by atoms with Crippen molar-refractivity contribution in [2.24, 2.45) is 34.8 Å². The van der Waals surface area contributed by atoms with Crippen LogP contribution in [0.1, 0.15) is 98.8 Å². The third-order valence-corrected chi connectivity index (χ3v) is 13.2. The highest BCUT2D eigenvalue weighted by molar-refractivity contribution is 7.98. The number of thiol groups is 1. The molecule has 0 aromatic carbocycles. The molecule has 0 spiro atoms. The molecule has 11 atom stereocenters. The summed E-state index contributed by atoms with van der Waals surface area (Å²) in [4.78, 5) is 194. The van der Waals surface area contributed by atoms with Crippen LogP contribution in [-0.2, 0) is 71.9 Å². The molecular formula is C50H87N15O19S2. The molecule has 0 aliphatic heterocycles. The molecule has 0 unspecified atom stereocenters. The van der Waals surface area contributed by atoms with Gasteiger partial charge in [-0.15, -0.1) is 0 Å². The van der Waals surface area contributed by atoms with Gasteiger partial charge in [0.2, 0.25) is 76.8 Å². The van der Waals surface area contributed by atoms with Crippen molar-refractivity contribution in [2.45, 2.75) is 165 Å². The normalized spacial score (nSPS) is 14.9. The molecular weight excluding hydrogens is 1180 g/mol. The fourth-order valence-electron chi connectivity index (χ4n) is 7.63. The Hall–Kier alpha value is -7.41. The second kappa shape index (κ2) is 41.6. The number of carbonyl (C=O) groups is 15. The van der Waals surface area contributed by atoms with E-state index in [4.69, 9.17) is 22.9 Å². The molecule has 34 nitrogen and oxygen atoms in total. The highest BCUT2D eigenvalue weighted by Crippen LogP contribution is 2.10. The van der Waals surface area contributed by atoms with E-state index in [0.29, 0.717) is 12.2 Å². The van der Waals surface area contributed by atoms with Crippen LogP contribution in [-0.4, -0.2) is 220 Å². The topological polar surface area (TPSA) is 573 Å². The molecule has 0 heterocycles. The van der Waals surface area contributed by atoms with Crippen LogP contribution in [0.5, 0.6) is 0 Å². The second-order valence-electron chi connectivity index (χ2n) is 20.6. The number of carboxylic acids is 2. The number of unbranched alkanes of at least 4 members (excludes halogenated alkanes) is 1.